The number of amides is 3. The van der Waals surface area contributed by atoms with Crippen molar-refractivity contribution < 1.29 is 29.7 Å². The van der Waals surface area contributed by atoms with E-state index >= 15 is 0 Å². The van der Waals surface area contributed by atoms with E-state index in [0.717, 1.165) is 0 Å². The SMILES string of the molecule is [C-]#[N+]c1ccc(N2C(=O)CC[C@@H]2C(C)O)cc1Cl.[C-]#[N+]c1ccc(N2C(=O)CC[C@@H]2[C@@H](C)O)cc1Cl.[C-]#[N+]c1ccc(N2C(=O)CC[C@@H]2[C@H](C)O)cc1Cl. The number of carbonyl (C=O) groups excluding carboxylic acids is 3. The van der Waals surface area contributed by atoms with Crippen molar-refractivity contribution >= 4 is 86.6 Å². The zero-order chi connectivity index (χ0) is 39.9. The molecule has 0 radical (unpaired) electrons. The van der Waals surface area contributed by atoms with Crippen LogP contribution in [0.15, 0.2) is 54.6 Å². The molecule has 15 heteroatoms. The molecule has 12 nitrogen and oxygen atoms in total. The van der Waals surface area contributed by atoms with Gasteiger partial charge in [0.2, 0.25) is 34.8 Å². The first-order valence-corrected chi connectivity index (χ1v) is 18.3. The third-order valence-corrected chi connectivity index (χ3v) is 10.3. The van der Waals surface area contributed by atoms with Crippen LogP contribution < -0.4 is 14.7 Å². The first-order valence-electron chi connectivity index (χ1n) is 17.1. The molecule has 3 aromatic rings. The molecule has 3 amide bonds. The van der Waals surface area contributed by atoms with Crippen LogP contribution in [0.3, 0.4) is 0 Å². The molecule has 3 aliphatic rings. The van der Waals surface area contributed by atoms with Crippen molar-refractivity contribution in [1.29, 1.82) is 0 Å². The molecule has 3 fully saturated rings. The standard InChI is InChI=1S/3C13H13ClN2O2/c3*1-8(17)12-5-6-13(18)16(12)9-3-4-11(15-2)10(14)7-9/h3*3-4,7-8,12,17H,5-6H2,1H3/t8?,12-;8-,12+;8-,12-/m101/s1. The van der Waals surface area contributed by atoms with Crippen molar-refractivity contribution in [2.45, 2.75) is 95.7 Å². The molecular weight excluding hydrogens is 755 g/mol. The number of aliphatic hydroxyl groups excluding tert-OH is 3. The Balaban J connectivity index is 0.000000180. The van der Waals surface area contributed by atoms with Gasteiger partial charge in [-0.3, -0.25) is 14.4 Å². The van der Waals surface area contributed by atoms with Gasteiger partial charge in [0.1, 0.15) is 0 Å². The molecule has 3 heterocycles. The van der Waals surface area contributed by atoms with E-state index in [9.17, 15) is 29.7 Å². The van der Waals surface area contributed by atoms with Gasteiger partial charge in [-0.1, -0.05) is 53.0 Å². The first-order chi connectivity index (χ1) is 25.6. The number of anilines is 3. The summed E-state index contributed by atoms with van der Waals surface area (Å²) in [5, 5.41) is 30.1. The van der Waals surface area contributed by atoms with Gasteiger partial charge in [0, 0.05) is 51.4 Å². The van der Waals surface area contributed by atoms with Crippen molar-refractivity contribution in [2.24, 2.45) is 0 Å². The van der Waals surface area contributed by atoms with Gasteiger partial charge < -0.3 is 30.0 Å². The predicted molar refractivity (Wildman–Crippen MR) is 210 cm³/mol. The van der Waals surface area contributed by atoms with Gasteiger partial charge in [0.05, 0.1) is 56.2 Å². The Kier molecular flexibility index (Phi) is 14.4. The molecule has 0 spiro atoms. The fourth-order valence-electron chi connectivity index (χ4n) is 6.70. The summed E-state index contributed by atoms with van der Waals surface area (Å²) in [6.07, 6.45) is 1.44. The lowest BCUT2D eigenvalue weighted by molar-refractivity contribution is -0.118. The smallest absolute Gasteiger partial charge is 0.227 e. The van der Waals surface area contributed by atoms with Crippen molar-refractivity contribution in [3.8, 4) is 0 Å². The van der Waals surface area contributed by atoms with Gasteiger partial charge in [-0.2, -0.15) is 0 Å². The van der Waals surface area contributed by atoms with E-state index in [1.165, 1.54) is 0 Å². The maximum Gasteiger partial charge on any atom is 0.227 e. The number of aliphatic hydroxyl groups is 3. The van der Waals surface area contributed by atoms with E-state index in [1.54, 1.807) is 90.1 Å². The van der Waals surface area contributed by atoms with E-state index in [2.05, 4.69) is 14.5 Å². The highest BCUT2D eigenvalue weighted by molar-refractivity contribution is 6.34. The summed E-state index contributed by atoms with van der Waals surface area (Å²) in [4.78, 5) is 50.1. The highest BCUT2D eigenvalue weighted by Gasteiger charge is 2.37. The minimum atomic E-state index is -0.587. The van der Waals surface area contributed by atoms with E-state index in [4.69, 9.17) is 54.5 Å². The number of rotatable bonds is 6. The van der Waals surface area contributed by atoms with E-state index in [1.807, 2.05) is 0 Å². The minimum absolute atomic E-state index is 0.0208. The molecule has 6 atom stereocenters. The van der Waals surface area contributed by atoms with Gasteiger partial charge in [0.15, 0.2) is 0 Å². The monoisotopic (exact) mass is 792 g/mol. The quantitative estimate of drug-likeness (QED) is 0.215. The fraction of sp³-hybridized carbons (Fsp3) is 0.385. The maximum atomic E-state index is 11.9. The van der Waals surface area contributed by atoms with Crippen LogP contribution in [-0.4, -0.2) is 69.5 Å². The highest BCUT2D eigenvalue weighted by Crippen LogP contribution is 2.37. The van der Waals surface area contributed by atoms with Crippen LogP contribution in [0.5, 0.6) is 0 Å². The highest BCUT2D eigenvalue weighted by atomic mass is 35.5. The zero-order valence-electron chi connectivity index (χ0n) is 29.8. The van der Waals surface area contributed by atoms with Crippen molar-refractivity contribution in [1.82, 2.24) is 0 Å². The van der Waals surface area contributed by atoms with E-state index < -0.39 is 18.3 Å². The summed E-state index contributed by atoms with van der Waals surface area (Å²) < 4.78 is 0. The summed E-state index contributed by atoms with van der Waals surface area (Å²) in [5.74, 6) is -0.0624. The predicted octanol–water partition coefficient (Wildman–Crippen LogP) is 8.30. The molecule has 282 valence electrons. The normalized spacial score (nSPS) is 20.9. The summed E-state index contributed by atoms with van der Waals surface area (Å²) in [6, 6.07) is 14.0. The molecule has 54 heavy (non-hydrogen) atoms. The molecule has 1 unspecified atom stereocenters. The molecule has 3 aromatic carbocycles. The number of hydrogen-bond acceptors (Lipinski definition) is 6. The molecule has 0 aromatic heterocycles. The van der Waals surface area contributed by atoms with E-state index in [0.29, 0.717) is 87.7 Å². The zero-order valence-corrected chi connectivity index (χ0v) is 32.1. The first kappa shape index (κ1) is 42.0. The van der Waals surface area contributed by atoms with Gasteiger partial charge in [-0.05, 0) is 76.4 Å². The summed E-state index contributed by atoms with van der Waals surface area (Å²) in [7, 11) is 0. The molecule has 0 aliphatic carbocycles. The number of benzene rings is 3. The lowest BCUT2D eigenvalue weighted by Gasteiger charge is -2.27. The largest absolute Gasteiger partial charge is 0.391 e. The van der Waals surface area contributed by atoms with Crippen LogP contribution in [-0.2, 0) is 14.4 Å². The fourth-order valence-corrected chi connectivity index (χ4v) is 7.35. The molecule has 0 saturated carbocycles. The van der Waals surface area contributed by atoms with E-state index in [-0.39, 0.29) is 35.8 Å². The Hall–Kier alpha value is -4.71. The third-order valence-electron chi connectivity index (χ3n) is 9.42. The minimum Gasteiger partial charge on any atom is -0.391 e. The lowest BCUT2D eigenvalue weighted by Crippen LogP contribution is -2.39. The van der Waals surface area contributed by atoms with Crippen LogP contribution in [0, 0.1) is 19.7 Å². The van der Waals surface area contributed by atoms with Crippen LogP contribution in [0.25, 0.3) is 14.5 Å². The molecule has 3 aliphatic heterocycles. The second-order valence-corrected chi connectivity index (χ2v) is 14.3. The van der Waals surface area contributed by atoms with Gasteiger partial charge >= 0.3 is 0 Å². The Morgan fingerprint density at radius 3 is 0.963 bits per heavy atom. The van der Waals surface area contributed by atoms with Gasteiger partial charge in [0.25, 0.3) is 0 Å². The number of halogens is 3. The molecule has 0 bridgehead atoms. The maximum absolute atomic E-state index is 11.9. The van der Waals surface area contributed by atoms with Crippen LogP contribution in [0.1, 0.15) is 59.3 Å². The number of nitrogens with zero attached hydrogens (tertiary/aromatic N) is 6. The number of carbonyl (C=O) groups is 3. The van der Waals surface area contributed by atoms with Crippen LogP contribution in [0.4, 0.5) is 34.1 Å². The summed E-state index contributed by atoms with van der Waals surface area (Å²) in [6.45, 7) is 25.8. The molecule has 3 N–H and O–H groups in total. The van der Waals surface area contributed by atoms with Gasteiger partial charge in [-0.15, -0.1) is 0 Å². The van der Waals surface area contributed by atoms with Crippen molar-refractivity contribution in [3.63, 3.8) is 0 Å². The summed E-state index contributed by atoms with van der Waals surface area (Å²) in [5.41, 5.74) is 3.00. The van der Waals surface area contributed by atoms with Crippen LogP contribution in [0.2, 0.25) is 15.1 Å². The van der Waals surface area contributed by atoms with Crippen molar-refractivity contribution in [3.05, 3.63) is 104 Å². The topological polar surface area (TPSA) is 135 Å². The average molecular weight is 794 g/mol. The molecule has 3 saturated heterocycles. The third kappa shape index (κ3) is 9.50. The van der Waals surface area contributed by atoms with Crippen LogP contribution >= 0.6 is 34.8 Å². The number of hydrogen-bond donors (Lipinski definition) is 3. The lowest BCUT2D eigenvalue weighted by atomic mass is 10.1. The average Bonchev–Trinajstić information content (AvgIpc) is 3.84. The van der Waals surface area contributed by atoms with Crippen molar-refractivity contribution in [2.75, 3.05) is 14.7 Å². The Bertz CT molecular complexity index is 1790. The molecular formula is C39H39Cl3N6O6. The molecule has 6 rings (SSSR count). The van der Waals surface area contributed by atoms with Gasteiger partial charge in [-0.25, -0.2) is 14.5 Å². The second-order valence-electron chi connectivity index (χ2n) is 13.1. The second kappa shape index (κ2) is 18.6. The summed E-state index contributed by atoms with van der Waals surface area (Å²) >= 11 is 17.9. The Morgan fingerprint density at radius 2 is 0.778 bits per heavy atom. The Morgan fingerprint density at radius 1 is 0.537 bits per heavy atom. The Labute approximate surface area is 329 Å².